The Morgan fingerprint density at radius 2 is 1.78 bits per heavy atom. The molecular weight excluding hydrogens is 292 g/mol. The van der Waals surface area contributed by atoms with E-state index in [0.29, 0.717) is 24.9 Å². The maximum absolute atomic E-state index is 12.0. The average molecular weight is 318 g/mol. The minimum Gasteiger partial charge on any atom is -0.370 e. The summed E-state index contributed by atoms with van der Waals surface area (Å²) in [5.41, 5.74) is 6.86. The number of anilines is 1. The molecule has 23 heavy (non-hydrogen) atoms. The minimum atomic E-state index is -0.341. The van der Waals surface area contributed by atoms with E-state index in [1.165, 1.54) is 0 Å². The third-order valence-electron chi connectivity index (χ3n) is 4.20. The predicted molar refractivity (Wildman–Crippen MR) is 91.5 cm³/mol. The zero-order chi connectivity index (χ0) is 16.7. The summed E-state index contributed by atoms with van der Waals surface area (Å²) in [5.74, 6) is -0.455. The summed E-state index contributed by atoms with van der Waals surface area (Å²) < 4.78 is 0. The van der Waals surface area contributed by atoms with Crippen LogP contribution in [-0.2, 0) is 4.79 Å². The van der Waals surface area contributed by atoms with Crippen LogP contribution in [0.4, 0.5) is 5.69 Å². The number of carbonyl (C=O) groups excluding carboxylic acids is 2. The molecule has 0 unspecified atom stereocenters. The second-order valence-corrected chi connectivity index (χ2v) is 5.79. The third kappa shape index (κ3) is 5.25. The Morgan fingerprint density at radius 3 is 2.35 bits per heavy atom. The number of nitrogens with two attached hydrogens (primary N) is 1. The Balaban J connectivity index is 1.82. The number of carbonyl (C=O) groups is 2. The molecule has 6 nitrogen and oxygen atoms in total. The van der Waals surface area contributed by atoms with Crippen molar-refractivity contribution in [1.29, 1.82) is 0 Å². The molecule has 126 valence electrons. The van der Waals surface area contributed by atoms with Crippen LogP contribution in [-0.4, -0.2) is 56.0 Å². The minimum absolute atomic E-state index is 0.114. The first-order chi connectivity index (χ1) is 11.1. The second kappa shape index (κ2) is 8.53. The van der Waals surface area contributed by atoms with Crippen LogP contribution in [0.15, 0.2) is 24.3 Å². The van der Waals surface area contributed by atoms with E-state index in [9.17, 15) is 9.59 Å². The zero-order valence-electron chi connectivity index (χ0n) is 13.8. The van der Waals surface area contributed by atoms with E-state index in [4.69, 9.17) is 5.73 Å². The van der Waals surface area contributed by atoms with Gasteiger partial charge in [-0.25, -0.2) is 0 Å². The number of piperazine rings is 1. The van der Waals surface area contributed by atoms with Gasteiger partial charge in [0.1, 0.15) is 0 Å². The smallest absolute Gasteiger partial charge is 0.251 e. The van der Waals surface area contributed by atoms with Gasteiger partial charge in [-0.1, -0.05) is 6.92 Å². The van der Waals surface area contributed by atoms with Crippen molar-refractivity contribution in [2.24, 2.45) is 5.73 Å². The molecule has 1 aromatic carbocycles. The molecule has 1 saturated heterocycles. The van der Waals surface area contributed by atoms with Crippen LogP contribution in [0.25, 0.3) is 0 Å². The molecule has 0 aromatic heterocycles. The Hall–Kier alpha value is -2.08. The lowest BCUT2D eigenvalue weighted by Crippen LogP contribution is -2.46. The average Bonchev–Trinajstić information content (AvgIpc) is 2.58. The molecule has 3 N–H and O–H groups in total. The molecule has 0 spiro atoms. The molecule has 1 fully saturated rings. The molecule has 1 heterocycles. The number of primary amides is 1. The normalized spacial score (nSPS) is 15.4. The summed E-state index contributed by atoms with van der Waals surface area (Å²) in [4.78, 5) is 27.4. The Morgan fingerprint density at radius 1 is 1.13 bits per heavy atom. The van der Waals surface area contributed by atoms with Crippen LogP contribution < -0.4 is 16.0 Å². The highest BCUT2D eigenvalue weighted by Gasteiger charge is 2.16. The number of amides is 2. The topological polar surface area (TPSA) is 78.7 Å². The molecule has 1 aliphatic rings. The van der Waals surface area contributed by atoms with Crippen molar-refractivity contribution in [3.8, 4) is 0 Å². The summed E-state index contributed by atoms with van der Waals surface area (Å²) in [6.45, 7) is 7.95. The quantitative estimate of drug-likeness (QED) is 0.730. The predicted octanol–water partition coefficient (Wildman–Crippen LogP) is 0.824. The molecule has 1 aliphatic heterocycles. The fraction of sp³-hybridized carbons (Fsp3) is 0.529. The van der Waals surface area contributed by atoms with E-state index in [-0.39, 0.29) is 11.8 Å². The van der Waals surface area contributed by atoms with Gasteiger partial charge < -0.3 is 20.9 Å². The van der Waals surface area contributed by atoms with Gasteiger partial charge >= 0.3 is 0 Å². The fourth-order valence-electron chi connectivity index (χ4n) is 2.71. The van der Waals surface area contributed by atoms with Gasteiger partial charge in [0.05, 0.1) is 0 Å². The van der Waals surface area contributed by atoms with Gasteiger partial charge in [0.2, 0.25) is 5.91 Å². The van der Waals surface area contributed by atoms with Crippen LogP contribution in [0.5, 0.6) is 0 Å². The SMILES string of the molecule is CCN1CCN(c2ccc(C(=O)NCCCC(N)=O)cc2)CC1. The maximum Gasteiger partial charge on any atom is 0.251 e. The van der Waals surface area contributed by atoms with Gasteiger partial charge in [-0.2, -0.15) is 0 Å². The van der Waals surface area contributed by atoms with Gasteiger partial charge in [0.15, 0.2) is 0 Å². The second-order valence-electron chi connectivity index (χ2n) is 5.79. The van der Waals surface area contributed by atoms with Crippen molar-refractivity contribution in [3.05, 3.63) is 29.8 Å². The van der Waals surface area contributed by atoms with Crippen LogP contribution in [0.3, 0.4) is 0 Å². The van der Waals surface area contributed by atoms with E-state index in [2.05, 4.69) is 22.0 Å². The number of hydrogen-bond donors (Lipinski definition) is 2. The van der Waals surface area contributed by atoms with Crippen molar-refractivity contribution in [1.82, 2.24) is 10.2 Å². The van der Waals surface area contributed by atoms with Crippen LogP contribution in [0, 0.1) is 0 Å². The standard InChI is InChI=1S/C17H26N4O2/c1-2-20-10-12-21(13-11-20)15-7-5-14(6-8-15)17(23)19-9-3-4-16(18)22/h5-8H,2-4,9-13H2,1H3,(H2,18,22)(H,19,23). The molecule has 0 radical (unpaired) electrons. The van der Waals surface area contributed by atoms with Crippen LogP contribution in [0.2, 0.25) is 0 Å². The molecule has 0 atom stereocenters. The number of nitrogens with one attached hydrogen (secondary N) is 1. The van der Waals surface area contributed by atoms with Crippen molar-refractivity contribution in [2.75, 3.05) is 44.2 Å². The highest BCUT2D eigenvalue weighted by Crippen LogP contribution is 2.17. The number of rotatable bonds is 7. The summed E-state index contributed by atoms with van der Waals surface area (Å²) in [6, 6.07) is 7.70. The van der Waals surface area contributed by atoms with Gasteiger partial charge in [0, 0.05) is 50.4 Å². The highest BCUT2D eigenvalue weighted by molar-refractivity contribution is 5.94. The van der Waals surface area contributed by atoms with Crippen LogP contribution >= 0.6 is 0 Å². The van der Waals surface area contributed by atoms with Crippen molar-refractivity contribution >= 4 is 17.5 Å². The van der Waals surface area contributed by atoms with Gasteiger partial charge in [-0.15, -0.1) is 0 Å². The summed E-state index contributed by atoms with van der Waals surface area (Å²) in [7, 11) is 0. The van der Waals surface area contributed by atoms with E-state index >= 15 is 0 Å². The van der Waals surface area contributed by atoms with Crippen LogP contribution in [0.1, 0.15) is 30.1 Å². The Kier molecular flexibility index (Phi) is 6.40. The zero-order valence-corrected chi connectivity index (χ0v) is 13.8. The number of likely N-dealkylation sites (N-methyl/N-ethyl adjacent to an activating group) is 1. The van der Waals surface area contributed by atoms with Crippen molar-refractivity contribution < 1.29 is 9.59 Å². The Bertz CT molecular complexity index is 522. The van der Waals surface area contributed by atoms with E-state index < -0.39 is 0 Å². The maximum atomic E-state index is 12.0. The molecule has 2 rings (SSSR count). The number of benzene rings is 1. The third-order valence-corrected chi connectivity index (χ3v) is 4.20. The van der Waals surface area contributed by atoms with Gasteiger partial charge in [0.25, 0.3) is 5.91 Å². The van der Waals surface area contributed by atoms with E-state index in [1.807, 2.05) is 24.3 Å². The van der Waals surface area contributed by atoms with E-state index in [0.717, 1.165) is 38.4 Å². The van der Waals surface area contributed by atoms with Crippen molar-refractivity contribution in [3.63, 3.8) is 0 Å². The molecule has 2 amide bonds. The van der Waals surface area contributed by atoms with E-state index in [1.54, 1.807) is 0 Å². The lowest BCUT2D eigenvalue weighted by Gasteiger charge is -2.35. The monoisotopic (exact) mass is 318 g/mol. The summed E-state index contributed by atoms with van der Waals surface area (Å²) >= 11 is 0. The first kappa shape index (κ1) is 17.3. The first-order valence-electron chi connectivity index (χ1n) is 8.24. The fourth-order valence-corrected chi connectivity index (χ4v) is 2.71. The molecule has 0 aliphatic carbocycles. The lowest BCUT2D eigenvalue weighted by atomic mass is 10.1. The lowest BCUT2D eigenvalue weighted by molar-refractivity contribution is -0.118. The molecule has 1 aromatic rings. The van der Waals surface area contributed by atoms with Gasteiger partial charge in [-0.05, 0) is 37.2 Å². The highest BCUT2D eigenvalue weighted by atomic mass is 16.2. The molecular formula is C17H26N4O2. The molecule has 0 bridgehead atoms. The number of nitrogens with zero attached hydrogens (tertiary/aromatic N) is 2. The first-order valence-corrected chi connectivity index (χ1v) is 8.24. The van der Waals surface area contributed by atoms with Gasteiger partial charge in [-0.3, -0.25) is 9.59 Å². The Labute approximate surface area is 137 Å². The summed E-state index contributed by atoms with van der Waals surface area (Å²) in [5, 5.41) is 2.80. The molecule has 6 heteroatoms. The molecule has 0 saturated carbocycles. The van der Waals surface area contributed by atoms with Crippen molar-refractivity contribution in [2.45, 2.75) is 19.8 Å². The largest absolute Gasteiger partial charge is 0.370 e. The number of hydrogen-bond acceptors (Lipinski definition) is 4. The summed E-state index contributed by atoms with van der Waals surface area (Å²) in [6.07, 6.45) is 0.865.